The van der Waals surface area contributed by atoms with Gasteiger partial charge in [-0.05, 0) is 35.4 Å². The summed E-state index contributed by atoms with van der Waals surface area (Å²) in [5.74, 6) is 0.848. The van der Waals surface area contributed by atoms with Crippen LogP contribution in [0.25, 0.3) is 11.1 Å². The third kappa shape index (κ3) is 3.65. The van der Waals surface area contributed by atoms with Crippen molar-refractivity contribution in [3.05, 3.63) is 69.7 Å². The van der Waals surface area contributed by atoms with Crippen molar-refractivity contribution < 1.29 is 23.8 Å². The molecule has 7 heteroatoms. The van der Waals surface area contributed by atoms with E-state index >= 15 is 0 Å². The fraction of sp³-hybridized carbons (Fsp3) is 0.130. The molecule has 0 saturated carbocycles. The third-order valence-electron chi connectivity index (χ3n) is 4.82. The summed E-state index contributed by atoms with van der Waals surface area (Å²) in [5, 5.41) is 12.6. The molecule has 30 heavy (non-hydrogen) atoms. The fourth-order valence-electron chi connectivity index (χ4n) is 3.55. The number of rotatable bonds is 5. The van der Waals surface area contributed by atoms with Crippen molar-refractivity contribution in [3.63, 3.8) is 0 Å². The Kier molecular flexibility index (Phi) is 5.25. The van der Waals surface area contributed by atoms with Crippen LogP contribution in [0.15, 0.2) is 48.5 Å². The molecular weight excluding hydrogens is 405 g/mol. The molecule has 3 aromatic rings. The summed E-state index contributed by atoms with van der Waals surface area (Å²) in [6, 6.07) is 12.9. The summed E-state index contributed by atoms with van der Waals surface area (Å²) in [6.07, 6.45) is 5.38. The summed E-state index contributed by atoms with van der Waals surface area (Å²) in [4.78, 5) is 25.2. The first-order valence-electron chi connectivity index (χ1n) is 9.10. The lowest BCUT2D eigenvalue weighted by Gasteiger charge is -2.24. The number of halogens is 1. The second-order valence-electron chi connectivity index (χ2n) is 6.73. The molecule has 0 unspecified atom stereocenters. The normalized spacial score (nSPS) is 15.1. The smallest absolute Gasteiger partial charge is 0.346 e. The molecule has 0 fully saturated rings. The summed E-state index contributed by atoms with van der Waals surface area (Å²) in [7, 11) is 0. The molecule has 0 radical (unpaired) electrons. The van der Waals surface area contributed by atoms with Gasteiger partial charge in [0.25, 0.3) is 0 Å². The van der Waals surface area contributed by atoms with Crippen LogP contribution in [0, 0.1) is 18.2 Å². The van der Waals surface area contributed by atoms with E-state index < -0.39 is 11.8 Å². The molecule has 2 aromatic carbocycles. The minimum absolute atomic E-state index is 0.0618. The highest BCUT2D eigenvalue weighted by molar-refractivity contribution is 7.15. The van der Waals surface area contributed by atoms with Gasteiger partial charge < -0.3 is 15.2 Å². The van der Waals surface area contributed by atoms with Crippen molar-refractivity contribution in [2.45, 2.75) is 12.3 Å². The van der Waals surface area contributed by atoms with Crippen LogP contribution in [-0.4, -0.2) is 23.6 Å². The summed E-state index contributed by atoms with van der Waals surface area (Å²) in [6.45, 7) is 0.152. The van der Waals surface area contributed by atoms with Crippen molar-refractivity contribution >= 4 is 28.9 Å². The Labute approximate surface area is 176 Å². The number of carbonyl (C=O) groups excluding carboxylic acids is 1. The number of hydrogen-bond acceptors (Lipinski definition) is 4. The number of terminal acetylenes is 1. The number of carboxylic acids is 1. The van der Waals surface area contributed by atoms with Crippen LogP contribution >= 0.6 is 11.3 Å². The number of aromatic carboxylic acids is 1. The average Bonchev–Trinajstić information content (AvgIpc) is 3.11. The van der Waals surface area contributed by atoms with E-state index in [9.17, 15) is 19.1 Å². The lowest BCUT2D eigenvalue weighted by atomic mass is 9.88. The first-order valence-corrected chi connectivity index (χ1v) is 9.91. The topological polar surface area (TPSA) is 75.6 Å². The Balaban J connectivity index is 1.82. The fourth-order valence-corrected chi connectivity index (χ4v) is 4.79. The van der Waals surface area contributed by atoms with E-state index in [2.05, 4.69) is 11.2 Å². The lowest BCUT2D eigenvalue weighted by Crippen LogP contribution is -2.22. The lowest BCUT2D eigenvalue weighted by molar-refractivity contribution is -0.116. The first kappa shape index (κ1) is 19.7. The summed E-state index contributed by atoms with van der Waals surface area (Å²) < 4.78 is 19.2. The maximum atomic E-state index is 13.8. The van der Waals surface area contributed by atoms with Gasteiger partial charge in [0.15, 0.2) is 0 Å². The number of carbonyl (C=O) groups is 2. The zero-order valence-electron chi connectivity index (χ0n) is 15.6. The molecule has 1 atom stereocenters. The van der Waals surface area contributed by atoms with Gasteiger partial charge in [0.05, 0.1) is 5.69 Å². The van der Waals surface area contributed by atoms with Gasteiger partial charge in [-0.25, -0.2) is 9.18 Å². The zero-order valence-corrected chi connectivity index (χ0v) is 16.5. The Morgan fingerprint density at radius 2 is 2.07 bits per heavy atom. The SMILES string of the molecule is C#CCOc1ccc([C@H]2CC(=O)Nc3c2sc(C(=O)O)c3-c2cccc(F)c2)cc1. The first-order chi connectivity index (χ1) is 14.5. The van der Waals surface area contributed by atoms with E-state index in [1.807, 2.05) is 12.1 Å². The van der Waals surface area contributed by atoms with Gasteiger partial charge in [-0.15, -0.1) is 17.8 Å². The molecule has 150 valence electrons. The standard InChI is InChI=1S/C23H16FNO4S/c1-2-10-29-16-8-6-13(7-9-16)17-12-18(26)25-20-19(14-4-3-5-15(24)11-14)22(23(27)28)30-21(17)20/h1,3-9,11,17H,10,12H2,(H,25,26)(H,27,28)/t17-/m1/s1. The largest absolute Gasteiger partial charge is 0.481 e. The van der Waals surface area contributed by atoms with Crippen LogP contribution in [0.2, 0.25) is 0 Å². The maximum absolute atomic E-state index is 13.8. The van der Waals surface area contributed by atoms with Crippen molar-refractivity contribution in [1.29, 1.82) is 0 Å². The third-order valence-corrected chi connectivity index (χ3v) is 6.11. The molecule has 4 rings (SSSR count). The number of anilines is 1. The van der Waals surface area contributed by atoms with Crippen LogP contribution in [0.3, 0.4) is 0 Å². The van der Waals surface area contributed by atoms with Crippen LogP contribution in [0.4, 0.5) is 10.1 Å². The van der Waals surface area contributed by atoms with Crippen molar-refractivity contribution in [1.82, 2.24) is 0 Å². The molecule has 5 nitrogen and oxygen atoms in total. The minimum atomic E-state index is -1.13. The van der Waals surface area contributed by atoms with Gasteiger partial charge >= 0.3 is 5.97 Å². The Bertz CT molecular complexity index is 1180. The molecule has 2 heterocycles. The molecule has 1 aliphatic rings. The number of ether oxygens (including phenoxy) is 1. The number of hydrogen-bond donors (Lipinski definition) is 2. The molecule has 0 spiro atoms. The van der Waals surface area contributed by atoms with Gasteiger partial charge in [-0.2, -0.15) is 0 Å². The van der Waals surface area contributed by atoms with Crippen LogP contribution in [0.5, 0.6) is 5.75 Å². The van der Waals surface area contributed by atoms with Gasteiger partial charge in [-0.1, -0.05) is 30.2 Å². The summed E-state index contributed by atoms with van der Waals surface area (Å²) in [5.41, 5.74) is 2.01. The Morgan fingerprint density at radius 3 is 2.73 bits per heavy atom. The van der Waals surface area contributed by atoms with Crippen molar-refractivity contribution in [3.8, 4) is 29.2 Å². The van der Waals surface area contributed by atoms with E-state index in [1.165, 1.54) is 18.2 Å². The number of nitrogens with one attached hydrogen (secondary N) is 1. The second-order valence-corrected chi connectivity index (χ2v) is 7.78. The van der Waals surface area contributed by atoms with Gasteiger partial charge in [0.1, 0.15) is 23.1 Å². The van der Waals surface area contributed by atoms with Gasteiger partial charge in [0, 0.05) is 22.8 Å². The van der Waals surface area contributed by atoms with E-state index in [0.717, 1.165) is 21.8 Å². The van der Waals surface area contributed by atoms with E-state index in [-0.39, 0.29) is 29.7 Å². The van der Waals surface area contributed by atoms with E-state index in [0.29, 0.717) is 22.6 Å². The average molecular weight is 421 g/mol. The highest BCUT2D eigenvalue weighted by Gasteiger charge is 2.34. The number of carboxylic acid groups (broad SMARTS) is 1. The second kappa shape index (κ2) is 8.01. The maximum Gasteiger partial charge on any atom is 0.346 e. The molecule has 0 aliphatic carbocycles. The van der Waals surface area contributed by atoms with Gasteiger partial charge in [0.2, 0.25) is 5.91 Å². The van der Waals surface area contributed by atoms with E-state index in [4.69, 9.17) is 11.2 Å². The van der Waals surface area contributed by atoms with Crippen molar-refractivity contribution in [2.75, 3.05) is 11.9 Å². The Morgan fingerprint density at radius 1 is 1.30 bits per heavy atom. The molecular formula is C23H16FNO4S. The molecule has 1 amide bonds. The van der Waals surface area contributed by atoms with Crippen LogP contribution in [-0.2, 0) is 4.79 Å². The molecule has 0 saturated heterocycles. The number of fused-ring (bicyclic) bond motifs is 1. The predicted octanol–water partition coefficient (Wildman–Crippen LogP) is 4.74. The molecule has 1 aromatic heterocycles. The zero-order chi connectivity index (χ0) is 21.3. The highest BCUT2D eigenvalue weighted by atomic mass is 32.1. The number of benzene rings is 2. The minimum Gasteiger partial charge on any atom is -0.481 e. The van der Waals surface area contributed by atoms with Crippen LogP contribution < -0.4 is 10.1 Å². The number of amides is 1. The molecule has 1 aliphatic heterocycles. The Hall–Kier alpha value is -3.63. The highest BCUT2D eigenvalue weighted by Crippen LogP contribution is 2.49. The monoisotopic (exact) mass is 421 g/mol. The predicted molar refractivity (Wildman–Crippen MR) is 113 cm³/mol. The van der Waals surface area contributed by atoms with Crippen LogP contribution in [0.1, 0.15) is 32.5 Å². The van der Waals surface area contributed by atoms with Crippen molar-refractivity contribution in [2.24, 2.45) is 0 Å². The van der Waals surface area contributed by atoms with Gasteiger partial charge in [-0.3, -0.25) is 4.79 Å². The quantitative estimate of drug-likeness (QED) is 0.584. The summed E-state index contributed by atoms with van der Waals surface area (Å²) >= 11 is 1.10. The molecule has 2 N–H and O–H groups in total. The molecule has 0 bridgehead atoms. The van der Waals surface area contributed by atoms with E-state index in [1.54, 1.807) is 18.2 Å². The number of thiophene rings is 1.